The third-order valence-electron chi connectivity index (χ3n) is 2.05. The maximum absolute atomic E-state index is 9.61. The summed E-state index contributed by atoms with van der Waals surface area (Å²) in [7, 11) is 0. The van der Waals surface area contributed by atoms with E-state index in [1.54, 1.807) is 6.07 Å². The third-order valence-corrected chi connectivity index (χ3v) is 2.05. The molecule has 0 aliphatic heterocycles. The molecule has 16 heavy (non-hydrogen) atoms. The van der Waals surface area contributed by atoms with E-state index >= 15 is 0 Å². The molecule has 0 unspecified atom stereocenters. The zero-order valence-electron chi connectivity index (χ0n) is 9.82. The fourth-order valence-electron chi connectivity index (χ4n) is 1.26. The lowest BCUT2D eigenvalue weighted by atomic mass is 10.2. The van der Waals surface area contributed by atoms with Crippen LogP contribution >= 0.6 is 0 Å². The Labute approximate surface area is 96.0 Å². The normalized spacial score (nSPS) is 10.1. The Balaban J connectivity index is 2.87. The highest BCUT2D eigenvalue weighted by Crippen LogP contribution is 2.39. The van der Waals surface area contributed by atoms with Gasteiger partial charge in [0.05, 0.1) is 13.2 Å². The number of ether oxygens (including phenoxy) is 2. The van der Waals surface area contributed by atoms with Crippen molar-refractivity contribution in [1.82, 2.24) is 0 Å². The minimum absolute atomic E-state index is 0.0507. The quantitative estimate of drug-likeness (QED) is 0.730. The molecule has 0 saturated heterocycles. The van der Waals surface area contributed by atoms with Gasteiger partial charge in [-0.2, -0.15) is 0 Å². The van der Waals surface area contributed by atoms with Crippen molar-refractivity contribution < 1.29 is 14.6 Å². The molecule has 4 nitrogen and oxygen atoms in total. The molecule has 0 amide bonds. The average Bonchev–Trinajstić information content (AvgIpc) is 2.28. The van der Waals surface area contributed by atoms with Crippen LogP contribution in [0, 0.1) is 0 Å². The predicted molar refractivity (Wildman–Crippen MR) is 64.1 cm³/mol. The van der Waals surface area contributed by atoms with Crippen molar-refractivity contribution in [1.29, 1.82) is 0 Å². The fourth-order valence-corrected chi connectivity index (χ4v) is 1.26. The molecule has 1 aromatic carbocycles. The molecular weight excluding hydrogens is 206 g/mol. The third kappa shape index (κ3) is 2.95. The maximum Gasteiger partial charge on any atom is 0.187 e. The molecule has 0 aliphatic carbocycles. The molecule has 3 N–H and O–H groups in total. The van der Waals surface area contributed by atoms with Gasteiger partial charge in [0.25, 0.3) is 0 Å². The second kappa shape index (κ2) is 6.10. The number of rotatable bonds is 6. The van der Waals surface area contributed by atoms with Crippen molar-refractivity contribution in [2.45, 2.75) is 26.7 Å². The Kier molecular flexibility index (Phi) is 4.76. The number of benzene rings is 1. The van der Waals surface area contributed by atoms with Gasteiger partial charge in [-0.3, -0.25) is 0 Å². The van der Waals surface area contributed by atoms with Crippen LogP contribution in [0.25, 0.3) is 0 Å². The Hall–Kier alpha value is -1.58. The summed E-state index contributed by atoms with van der Waals surface area (Å²) in [5.74, 6) is 0.927. The summed E-state index contributed by atoms with van der Waals surface area (Å²) in [5, 5.41) is 9.61. The van der Waals surface area contributed by atoms with E-state index in [0.717, 1.165) is 12.8 Å². The lowest BCUT2D eigenvalue weighted by Crippen LogP contribution is -2.03. The highest BCUT2D eigenvalue weighted by molar-refractivity contribution is 5.68. The summed E-state index contributed by atoms with van der Waals surface area (Å²) in [4.78, 5) is 0. The number of phenolic OH excluding ortho intramolecular Hbond substituents is 1. The van der Waals surface area contributed by atoms with Gasteiger partial charge in [0.15, 0.2) is 11.5 Å². The van der Waals surface area contributed by atoms with Crippen molar-refractivity contribution in [3.8, 4) is 17.2 Å². The number of phenols is 1. The van der Waals surface area contributed by atoms with Crippen LogP contribution in [0.1, 0.15) is 26.7 Å². The second-order valence-corrected chi connectivity index (χ2v) is 3.52. The Bertz CT molecular complexity index is 339. The second-order valence-electron chi connectivity index (χ2n) is 3.52. The number of aromatic hydroxyl groups is 1. The Morgan fingerprint density at radius 2 is 1.75 bits per heavy atom. The molecule has 0 spiro atoms. The van der Waals surface area contributed by atoms with E-state index in [2.05, 4.69) is 0 Å². The SMILES string of the molecule is CCCOc1ccc(O)c(OCCC)c1N. The highest BCUT2D eigenvalue weighted by atomic mass is 16.5. The van der Waals surface area contributed by atoms with Crippen LogP contribution in [0.15, 0.2) is 12.1 Å². The van der Waals surface area contributed by atoms with Gasteiger partial charge in [-0.25, -0.2) is 0 Å². The van der Waals surface area contributed by atoms with Gasteiger partial charge in [0.2, 0.25) is 0 Å². The lowest BCUT2D eigenvalue weighted by molar-refractivity contribution is 0.292. The molecule has 90 valence electrons. The molecule has 0 radical (unpaired) electrons. The first kappa shape index (κ1) is 12.5. The van der Waals surface area contributed by atoms with Crippen LogP contribution in [0.5, 0.6) is 17.2 Å². The Morgan fingerprint density at radius 3 is 2.38 bits per heavy atom. The van der Waals surface area contributed by atoms with Crippen molar-refractivity contribution >= 4 is 5.69 Å². The van der Waals surface area contributed by atoms with Gasteiger partial charge < -0.3 is 20.3 Å². The van der Waals surface area contributed by atoms with E-state index in [-0.39, 0.29) is 5.75 Å². The van der Waals surface area contributed by atoms with Crippen LogP contribution in [-0.4, -0.2) is 18.3 Å². The van der Waals surface area contributed by atoms with Crippen LogP contribution in [-0.2, 0) is 0 Å². The van der Waals surface area contributed by atoms with E-state index in [4.69, 9.17) is 15.2 Å². The summed E-state index contributed by atoms with van der Waals surface area (Å²) in [6.07, 6.45) is 1.77. The zero-order valence-corrected chi connectivity index (χ0v) is 9.82. The number of hydrogen-bond acceptors (Lipinski definition) is 4. The van der Waals surface area contributed by atoms with Gasteiger partial charge >= 0.3 is 0 Å². The molecule has 4 heteroatoms. The first-order chi connectivity index (χ1) is 7.70. The summed E-state index contributed by atoms with van der Waals surface area (Å²) in [6, 6.07) is 3.19. The number of nitrogens with two attached hydrogens (primary N) is 1. The van der Waals surface area contributed by atoms with Crippen molar-refractivity contribution in [3.05, 3.63) is 12.1 Å². The smallest absolute Gasteiger partial charge is 0.187 e. The van der Waals surface area contributed by atoms with Crippen molar-refractivity contribution in [3.63, 3.8) is 0 Å². The van der Waals surface area contributed by atoms with Gasteiger partial charge in [0, 0.05) is 0 Å². The van der Waals surface area contributed by atoms with E-state index in [0.29, 0.717) is 30.4 Å². The molecule has 0 aliphatic rings. The molecule has 0 fully saturated rings. The zero-order chi connectivity index (χ0) is 12.0. The first-order valence-electron chi connectivity index (χ1n) is 5.57. The molecule has 0 aromatic heterocycles. The molecule has 1 rings (SSSR count). The van der Waals surface area contributed by atoms with Crippen molar-refractivity contribution in [2.75, 3.05) is 18.9 Å². The van der Waals surface area contributed by atoms with E-state index < -0.39 is 0 Å². The van der Waals surface area contributed by atoms with Crippen LogP contribution < -0.4 is 15.2 Å². The monoisotopic (exact) mass is 225 g/mol. The predicted octanol–water partition coefficient (Wildman–Crippen LogP) is 2.55. The van der Waals surface area contributed by atoms with E-state index in [1.165, 1.54) is 6.07 Å². The van der Waals surface area contributed by atoms with Gasteiger partial charge in [-0.05, 0) is 25.0 Å². The lowest BCUT2D eigenvalue weighted by Gasteiger charge is -2.13. The van der Waals surface area contributed by atoms with Crippen molar-refractivity contribution in [2.24, 2.45) is 0 Å². The fraction of sp³-hybridized carbons (Fsp3) is 0.500. The number of nitrogen functional groups attached to an aromatic ring is 1. The largest absolute Gasteiger partial charge is 0.504 e. The van der Waals surface area contributed by atoms with Crippen LogP contribution in [0.4, 0.5) is 5.69 Å². The summed E-state index contributed by atoms with van der Waals surface area (Å²) in [6.45, 7) is 5.13. The van der Waals surface area contributed by atoms with E-state index in [1.807, 2.05) is 13.8 Å². The topological polar surface area (TPSA) is 64.7 Å². The van der Waals surface area contributed by atoms with Gasteiger partial charge in [-0.15, -0.1) is 0 Å². The number of hydrogen-bond donors (Lipinski definition) is 2. The van der Waals surface area contributed by atoms with Crippen LogP contribution in [0.2, 0.25) is 0 Å². The molecule has 1 aromatic rings. The molecule has 0 saturated carbocycles. The molecule has 0 bridgehead atoms. The van der Waals surface area contributed by atoms with Gasteiger partial charge in [0.1, 0.15) is 11.4 Å². The van der Waals surface area contributed by atoms with Gasteiger partial charge in [-0.1, -0.05) is 13.8 Å². The summed E-state index contributed by atoms with van der Waals surface area (Å²) in [5.41, 5.74) is 6.22. The van der Waals surface area contributed by atoms with Crippen LogP contribution in [0.3, 0.4) is 0 Å². The molecule has 0 heterocycles. The Morgan fingerprint density at radius 1 is 1.12 bits per heavy atom. The minimum Gasteiger partial charge on any atom is -0.504 e. The maximum atomic E-state index is 9.61. The summed E-state index contributed by atoms with van der Waals surface area (Å²) >= 11 is 0. The number of anilines is 1. The van der Waals surface area contributed by atoms with E-state index in [9.17, 15) is 5.11 Å². The minimum atomic E-state index is 0.0507. The highest BCUT2D eigenvalue weighted by Gasteiger charge is 2.12. The summed E-state index contributed by atoms with van der Waals surface area (Å²) < 4.78 is 10.8. The average molecular weight is 225 g/mol. The molecule has 0 atom stereocenters. The first-order valence-corrected chi connectivity index (χ1v) is 5.57. The molecular formula is C12H19NO3. The standard InChI is InChI=1S/C12H19NO3/c1-3-7-15-10-6-5-9(14)12(11(10)13)16-8-4-2/h5-6,14H,3-4,7-8,13H2,1-2H3.